The Morgan fingerprint density at radius 2 is 2.07 bits per heavy atom. The van der Waals surface area contributed by atoms with Crippen molar-refractivity contribution >= 4 is 17.8 Å². The molecule has 0 aromatic heterocycles. The number of hydrogen-bond acceptors (Lipinski definition) is 8. The highest BCUT2D eigenvalue weighted by Gasteiger charge is 2.74. The third-order valence-corrected chi connectivity index (χ3v) is 6.78. The van der Waals surface area contributed by atoms with E-state index in [0.29, 0.717) is 39.1 Å². The second-order valence-electron chi connectivity index (χ2n) is 8.31. The molecule has 2 N–H and O–H groups in total. The van der Waals surface area contributed by atoms with Gasteiger partial charge < -0.3 is 29.5 Å². The standard InChI is InChI=1S/C20H31N3O7/c1-2-29-19(27)14-13-3-4-20(30-13)15(14)18(26)23(7-10-24)16(20)17(25)21-5-6-22-8-11-28-12-9-22/h13-16,24H,2-12H2,1H3,(H,21,25)/t13-,14+,15-,16?,20?/m0/s1. The number of esters is 1. The van der Waals surface area contributed by atoms with Gasteiger partial charge in [-0.1, -0.05) is 0 Å². The van der Waals surface area contributed by atoms with Crippen LogP contribution in [0, 0.1) is 11.8 Å². The van der Waals surface area contributed by atoms with E-state index in [-0.39, 0.29) is 31.6 Å². The van der Waals surface area contributed by atoms with Gasteiger partial charge in [0.05, 0.1) is 44.4 Å². The highest BCUT2D eigenvalue weighted by molar-refractivity contribution is 5.98. The van der Waals surface area contributed by atoms with E-state index < -0.39 is 35.6 Å². The fourth-order valence-corrected chi connectivity index (χ4v) is 5.57. The van der Waals surface area contributed by atoms with Crippen LogP contribution in [-0.4, -0.2) is 110 Å². The molecular formula is C20H31N3O7. The Kier molecular flexibility index (Phi) is 6.29. The zero-order chi connectivity index (χ0) is 21.3. The van der Waals surface area contributed by atoms with Crippen LogP contribution in [0.3, 0.4) is 0 Å². The van der Waals surface area contributed by atoms with Gasteiger partial charge in [-0.25, -0.2) is 0 Å². The van der Waals surface area contributed by atoms with E-state index in [4.69, 9.17) is 14.2 Å². The zero-order valence-electron chi connectivity index (χ0n) is 17.4. The normalized spacial score (nSPS) is 35.5. The predicted octanol–water partition coefficient (Wildman–Crippen LogP) is -1.64. The Morgan fingerprint density at radius 1 is 1.30 bits per heavy atom. The van der Waals surface area contributed by atoms with Crippen LogP contribution < -0.4 is 5.32 Å². The molecule has 4 saturated heterocycles. The Balaban J connectivity index is 1.50. The van der Waals surface area contributed by atoms with Crippen LogP contribution in [0.4, 0.5) is 0 Å². The lowest BCUT2D eigenvalue weighted by atomic mass is 9.71. The number of hydrogen-bond donors (Lipinski definition) is 2. The first-order valence-electron chi connectivity index (χ1n) is 10.9. The Labute approximate surface area is 175 Å². The summed E-state index contributed by atoms with van der Waals surface area (Å²) in [4.78, 5) is 42.6. The third kappa shape index (κ3) is 3.49. The first kappa shape index (κ1) is 21.5. The average molecular weight is 425 g/mol. The molecule has 0 aromatic rings. The Bertz CT molecular complexity index is 683. The van der Waals surface area contributed by atoms with Gasteiger partial charge in [-0.05, 0) is 19.8 Å². The Morgan fingerprint density at radius 3 is 2.77 bits per heavy atom. The van der Waals surface area contributed by atoms with Crippen molar-refractivity contribution in [2.24, 2.45) is 11.8 Å². The van der Waals surface area contributed by atoms with Crippen LogP contribution in [0.25, 0.3) is 0 Å². The van der Waals surface area contributed by atoms with Crippen molar-refractivity contribution in [1.29, 1.82) is 0 Å². The van der Waals surface area contributed by atoms with E-state index in [1.807, 2.05) is 0 Å². The highest BCUT2D eigenvalue weighted by Crippen LogP contribution is 2.58. The molecule has 4 heterocycles. The number of aliphatic hydroxyl groups excluding tert-OH is 1. The van der Waals surface area contributed by atoms with Gasteiger partial charge in [-0.3, -0.25) is 19.3 Å². The molecule has 5 atom stereocenters. The van der Waals surface area contributed by atoms with Gasteiger partial charge in [-0.15, -0.1) is 0 Å². The van der Waals surface area contributed by atoms with Crippen LogP contribution in [0.15, 0.2) is 0 Å². The van der Waals surface area contributed by atoms with E-state index in [0.717, 1.165) is 13.1 Å². The Hall–Kier alpha value is -1.75. The van der Waals surface area contributed by atoms with Crippen molar-refractivity contribution in [3.8, 4) is 0 Å². The number of likely N-dealkylation sites (tertiary alicyclic amines) is 1. The van der Waals surface area contributed by atoms with Crippen LogP contribution >= 0.6 is 0 Å². The van der Waals surface area contributed by atoms with Gasteiger partial charge in [-0.2, -0.15) is 0 Å². The molecule has 4 fully saturated rings. The maximum atomic E-state index is 13.2. The molecule has 0 radical (unpaired) electrons. The number of rotatable bonds is 8. The summed E-state index contributed by atoms with van der Waals surface area (Å²) in [5.74, 6) is -2.48. The number of aliphatic hydroxyl groups is 1. The van der Waals surface area contributed by atoms with Crippen molar-refractivity contribution < 1.29 is 33.7 Å². The topological polar surface area (TPSA) is 118 Å². The van der Waals surface area contributed by atoms with Crippen molar-refractivity contribution in [2.45, 2.75) is 37.5 Å². The lowest BCUT2D eigenvalue weighted by Crippen LogP contribution is -2.56. The molecule has 2 amide bonds. The minimum absolute atomic E-state index is 0.0300. The minimum Gasteiger partial charge on any atom is -0.466 e. The minimum atomic E-state index is -1.03. The maximum Gasteiger partial charge on any atom is 0.312 e. The van der Waals surface area contributed by atoms with Crippen molar-refractivity contribution in [3.63, 3.8) is 0 Å². The first-order valence-corrected chi connectivity index (χ1v) is 10.9. The third-order valence-electron chi connectivity index (χ3n) is 6.78. The number of carbonyl (C=O) groups excluding carboxylic acids is 3. The summed E-state index contributed by atoms with van der Waals surface area (Å²) in [7, 11) is 0. The molecule has 4 aliphatic rings. The van der Waals surface area contributed by atoms with E-state index in [1.165, 1.54) is 4.90 Å². The fourth-order valence-electron chi connectivity index (χ4n) is 5.57. The molecule has 0 aliphatic carbocycles. The summed E-state index contributed by atoms with van der Waals surface area (Å²) in [6.45, 7) is 5.88. The van der Waals surface area contributed by atoms with E-state index in [1.54, 1.807) is 6.92 Å². The number of amides is 2. The second kappa shape index (κ2) is 8.78. The van der Waals surface area contributed by atoms with Crippen LogP contribution in [-0.2, 0) is 28.6 Å². The SMILES string of the molecule is CCOC(=O)[C@@H]1[C@@H]2CCC3(O2)C(C(=O)NCCN2CCOCC2)N(CCO)C(=O)[C@H]13. The monoisotopic (exact) mass is 425 g/mol. The molecule has 30 heavy (non-hydrogen) atoms. The smallest absolute Gasteiger partial charge is 0.312 e. The largest absolute Gasteiger partial charge is 0.466 e. The van der Waals surface area contributed by atoms with E-state index >= 15 is 0 Å². The van der Waals surface area contributed by atoms with Gasteiger partial charge in [0.2, 0.25) is 11.8 Å². The number of β-amino-alcohol motifs (C(OH)–C–C–N with tert-alkyl or cyclic N) is 1. The van der Waals surface area contributed by atoms with Gasteiger partial charge >= 0.3 is 5.97 Å². The first-order chi connectivity index (χ1) is 14.5. The number of morpholine rings is 1. The highest BCUT2D eigenvalue weighted by atomic mass is 16.6. The van der Waals surface area contributed by atoms with Crippen molar-refractivity contribution in [1.82, 2.24) is 15.1 Å². The van der Waals surface area contributed by atoms with Gasteiger partial charge in [0.1, 0.15) is 11.6 Å². The van der Waals surface area contributed by atoms with Crippen LogP contribution in [0.1, 0.15) is 19.8 Å². The van der Waals surface area contributed by atoms with E-state index in [2.05, 4.69) is 10.2 Å². The molecule has 10 nitrogen and oxygen atoms in total. The molecule has 2 unspecified atom stereocenters. The summed E-state index contributed by atoms with van der Waals surface area (Å²) in [5, 5.41) is 12.5. The molecule has 0 saturated carbocycles. The van der Waals surface area contributed by atoms with Gasteiger partial charge in [0.25, 0.3) is 0 Å². The number of nitrogens with zero attached hydrogens (tertiary/aromatic N) is 2. The average Bonchev–Trinajstić information content (AvgIpc) is 3.37. The lowest BCUT2D eigenvalue weighted by molar-refractivity contribution is -0.154. The zero-order valence-corrected chi connectivity index (χ0v) is 17.4. The molecule has 4 rings (SSSR count). The van der Waals surface area contributed by atoms with Crippen LogP contribution in [0.5, 0.6) is 0 Å². The molecule has 2 bridgehead atoms. The summed E-state index contributed by atoms with van der Waals surface area (Å²) >= 11 is 0. The summed E-state index contributed by atoms with van der Waals surface area (Å²) in [6.07, 6.45) is 0.739. The number of nitrogens with one attached hydrogen (secondary N) is 1. The predicted molar refractivity (Wildman–Crippen MR) is 103 cm³/mol. The number of ether oxygens (including phenoxy) is 3. The number of carbonyl (C=O) groups is 3. The second-order valence-corrected chi connectivity index (χ2v) is 8.31. The summed E-state index contributed by atoms with van der Waals surface area (Å²) in [6, 6.07) is -0.851. The summed E-state index contributed by atoms with van der Waals surface area (Å²) < 4.78 is 16.7. The fraction of sp³-hybridized carbons (Fsp3) is 0.850. The molecule has 10 heteroatoms. The number of fused-ring (bicyclic) bond motifs is 1. The molecule has 1 spiro atoms. The molecule has 0 aromatic carbocycles. The lowest BCUT2D eigenvalue weighted by Gasteiger charge is -2.33. The van der Waals surface area contributed by atoms with Crippen molar-refractivity contribution in [2.75, 3.05) is 59.2 Å². The quantitative estimate of drug-likeness (QED) is 0.445. The molecular weight excluding hydrogens is 394 g/mol. The molecule has 168 valence electrons. The van der Waals surface area contributed by atoms with Gasteiger partial charge in [0.15, 0.2) is 0 Å². The van der Waals surface area contributed by atoms with Crippen LogP contribution in [0.2, 0.25) is 0 Å². The summed E-state index contributed by atoms with van der Waals surface area (Å²) in [5.41, 5.74) is -1.03. The maximum absolute atomic E-state index is 13.2. The van der Waals surface area contributed by atoms with Gasteiger partial charge in [0, 0.05) is 32.7 Å². The van der Waals surface area contributed by atoms with E-state index in [9.17, 15) is 19.5 Å². The molecule has 4 aliphatic heterocycles. The van der Waals surface area contributed by atoms with Crippen molar-refractivity contribution in [3.05, 3.63) is 0 Å².